The Bertz CT molecular complexity index is 629. The van der Waals surface area contributed by atoms with Gasteiger partial charge in [0.25, 0.3) is 5.91 Å². The number of hydrogen-bond donors (Lipinski definition) is 3. The van der Waals surface area contributed by atoms with Gasteiger partial charge in [-0.05, 0) is 57.2 Å². The first-order chi connectivity index (χ1) is 11.3. The van der Waals surface area contributed by atoms with Gasteiger partial charge in [-0.15, -0.1) is 0 Å². The van der Waals surface area contributed by atoms with Crippen LogP contribution in [0, 0.1) is 5.92 Å². The molecule has 1 atom stereocenters. The highest BCUT2D eigenvalue weighted by atomic mass is 16.3. The van der Waals surface area contributed by atoms with E-state index in [9.17, 15) is 14.7 Å². The Morgan fingerprint density at radius 1 is 1.25 bits per heavy atom. The average Bonchev–Trinajstić information content (AvgIpc) is 3.38. The Kier molecular flexibility index (Phi) is 5.78. The molecule has 3 N–H and O–H groups in total. The Labute approximate surface area is 143 Å². The van der Waals surface area contributed by atoms with E-state index in [-0.39, 0.29) is 18.4 Å². The summed E-state index contributed by atoms with van der Waals surface area (Å²) in [6.07, 6.45) is 3.64. The van der Waals surface area contributed by atoms with Crippen molar-refractivity contribution in [3.63, 3.8) is 0 Å². The van der Waals surface area contributed by atoms with Crippen molar-refractivity contribution in [2.24, 2.45) is 5.92 Å². The van der Waals surface area contributed by atoms with Gasteiger partial charge >= 0.3 is 0 Å². The Hall–Kier alpha value is -2.14. The van der Waals surface area contributed by atoms with Gasteiger partial charge in [-0.2, -0.15) is 0 Å². The number of aliphatic hydroxyl groups excluding tert-OH is 1. The highest BCUT2D eigenvalue weighted by Crippen LogP contribution is 2.39. The molecule has 1 aromatic rings. The maximum Gasteiger partial charge on any atom is 0.251 e. The molecular weight excluding hydrogens is 304 g/mol. The van der Waals surface area contributed by atoms with Crippen LogP contribution >= 0.6 is 0 Å². The molecule has 0 heterocycles. The van der Waals surface area contributed by atoms with E-state index in [1.165, 1.54) is 0 Å². The summed E-state index contributed by atoms with van der Waals surface area (Å²) in [5, 5.41) is 15.3. The van der Waals surface area contributed by atoms with Crippen LogP contribution in [0.3, 0.4) is 0 Å². The number of amides is 2. The number of allylic oxidation sites excluding steroid dienone is 1. The van der Waals surface area contributed by atoms with Crippen molar-refractivity contribution in [1.29, 1.82) is 0 Å². The first kappa shape index (κ1) is 18.2. The maximum atomic E-state index is 12.4. The van der Waals surface area contributed by atoms with Gasteiger partial charge in [0.2, 0.25) is 5.91 Å². The zero-order valence-corrected chi connectivity index (χ0v) is 14.6. The molecule has 1 fully saturated rings. The molecule has 0 bridgehead atoms. The molecule has 0 aromatic heterocycles. The molecule has 5 nitrogen and oxygen atoms in total. The third-order valence-corrected chi connectivity index (χ3v) is 4.31. The second kappa shape index (κ2) is 7.62. The largest absolute Gasteiger partial charge is 0.394 e. The molecule has 1 saturated carbocycles. The van der Waals surface area contributed by atoms with Crippen LogP contribution in [-0.2, 0) is 11.3 Å². The van der Waals surface area contributed by atoms with Crippen molar-refractivity contribution >= 4 is 11.8 Å². The van der Waals surface area contributed by atoms with E-state index in [2.05, 4.69) is 10.6 Å². The molecule has 2 amide bonds. The van der Waals surface area contributed by atoms with E-state index in [1.54, 1.807) is 18.2 Å². The summed E-state index contributed by atoms with van der Waals surface area (Å²) in [6, 6.07) is 7.13. The first-order valence-electron chi connectivity index (χ1n) is 8.29. The number of carbonyl (C=O) groups excluding carboxylic acids is 2. The molecule has 0 saturated heterocycles. The van der Waals surface area contributed by atoms with Crippen molar-refractivity contribution < 1.29 is 14.7 Å². The normalized spacial score (nSPS) is 16.0. The van der Waals surface area contributed by atoms with Crippen LogP contribution in [0.4, 0.5) is 0 Å². The van der Waals surface area contributed by atoms with Gasteiger partial charge in [-0.3, -0.25) is 9.59 Å². The Balaban J connectivity index is 1.92. The number of rotatable bonds is 7. The minimum Gasteiger partial charge on any atom is -0.394 e. The quantitative estimate of drug-likeness (QED) is 0.670. The maximum absolute atomic E-state index is 12.4. The minimum absolute atomic E-state index is 0.0577. The molecule has 24 heavy (non-hydrogen) atoms. The first-order valence-corrected chi connectivity index (χ1v) is 8.29. The third kappa shape index (κ3) is 4.93. The van der Waals surface area contributed by atoms with Gasteiger partial charge in [0.1, 0.15) is 0 Å². The third-order valence-electron chi connectivity index (χ3n) is 4.31. The van der Waals surface area contributed by atoms with Gasteiger partial charge < -0.3 is 15.7 Å². The molecular formula is C19H26N2O3. The second-order valence-electron chi connectivity index (χ2n) is 6.94. The number of aliphatic hydroxyl groups is 1. The fourth-order valence-corrected chi connectivity index (χ4v) is 2.60. The highest BCUT2D eigenvalue weighted by molar-refractivity contribution is 5.94. The number of hydrogen-bond acceptors (Lipinski definition) is 3. The van der Waals surface area contributed by atoms with Gasteiger partial charge in [0.05, 0.1) is 12.1 Å². The number of benzene rings is 1. The molecule has 1 unspecified atom stereocenters. The van der Waals surface area contributed by atoms with Crippen LogP contribution in [0.15, 0.2) is 35.9 Å². The van der Waals surface area contributed by atoms with E-state index in [0.717, 1.165) is 24.0 Å². The zero-order valence-electron chi connectivity index (χ0n) is 14.6. The molecule has 1 aromatic carbocycles. The van der Waals surface area contributed by atoms with Crippen LogP contribution < -0.4 is 10.6 Å². The SMILES string of the molecule is CC(C)=CC(=O)NCc1ccc(C(=O)NC(C)(CO)C2CC2)cc1. The summed E-state index contributed by atoms with van der Waals surface area (Å²) in [5.41, 5.74) is 1.87. The van der Waals surface area contributed by atoms with E-state index in [4.69, 9.17) is 0 Å². The smallest absolute Gasteiger partial charge is 0.251 e. The fourth-order valence-electron chi connectivity index (χ4n) is 2.60. The van der Waals surface area contributed by atoms with Gasteiger partial charge in [-0.25, -0.2) is 0 Å². The van der Waals surface area contributed by atoms with Crippen LogP contribution in [0.1, 0.15) is 49.5 Å². The van der Waals surface area contributed by atoms with Crippen molar-refractivity contribution in [2.75, 3.05) is 6.61 Å². The predicted octanol–water partition coefficient (Wildman–Crippen LogP) is 2.16. The van der Waals surface area contributed by atoms with Crippen LogP contribution in [-0.4, -0.2) is 29.1 Å². The second-order valence-corrected chi connectivity index (χ2v) is 6.94. The summed E-state index contributed by atoms with van der Waals surface area (Å²) in [5.74, 6) is 0.0505. The van der Waals surface area contributed by atoms with Crippen LogP contribution in [0.5, 0.6) is 0 Å². The van der Waals surface area contributed by atoms with Crippen molar-refractivity contribution in [3.05, 3.63) is 47.0 Å². The van der Waals surface area contributed by atoms with Crippen molar-refractivity contribution in [1.82, 2.24) is 10.6 Å². The number of carbonyl (C=O) groups is 2. The Morgan fingerprint density at radius 2 is 1.88 bits per heavy atom. The lowest BCUT2D eigenvalue weighted by Crippen LogP contribution is -2.50. The fraction of sp³-hybridized carbons (Fsp3) is 0.474. The van der Waals surface area contributed by atoms with Crippen molar-refractivity contribution in [2.45, 2.75) is 45.7 Å². The van der Waals surface area contributed by atoms with Crippen LogP contribution in [0.25, 0.3) is 0 Å². The lowest BCUT2D eigenvalue weighted by atomic mass is 9.96. The average molecular weight is 330 g/mol. The van der Waals surface area contributed by atoms with Gasteiger partial charge in [0.15, 0.2) is 0 Å². The van der Waals surface area contributed by atoms with E-state index < -0.39 is 5.54 Å². The van der Waals surface area contributed by atoms with Crippen LogP contribution in [0.2, 0.25) is 0 Å². The van der Waals surface area contributed by atoms with E-state index >= 15 is 0 Å². The molecule has 130 valence electrons. The summed E-state index contributed by atoms with van der Waals surface area (Å²) in [4.78, 5) is 23.9. The van der Waals surface area contributed by atoms with Gasteiger partial charge in [-0.1, -0.05) is 17.7 Å². The molecule has 1 aliphatic carbocycles. The van der Waals surface area contributed by atoms with E-state index in [1.807, 2.05) is 32.9 Å². The molecule has 0 radical (unpaired) electrons. The predicted molar refractivity (Wildman–Crippen MR) is 93.4 cm³/mol. The standard InChI is InChI=1S/C19H26N2O3/c1-13(2)10-17(23)20-11-14-4-6-15(7-5-14)18(24)21-19(3,12-22)16-8-9-16/h4-7,10,16,22H,8-9,11-12H2,1-3H3,(H,20,23)(H,21,24). The topological polar surface area (TPSA) is 78.4 Å². The molecule has 0 spiro atoms. The summed E-state index contributed by atoms with van der Waals surface area (Å²) in [6.45, 7) is 5.98. The summed E-state index contributed by atoms with van der Waals surface area (Å²) < 4.78 is 0. The molecule has 0 aliphatic heterocycles. The Morgan fingerprint density at radius 3 is 2.38 bits per heavy atom. The lowest BCUT2D eigenvalue weighted by molar-refractivity contribution is -0.116. The minimum atomic E-state index is -0.548. The zero-order chi connectivity index (χ0) is 17.7. The monoisotopic (exact) mass is 330 g/mol. The number of nitrogens with one attached hydrogen (secondary N) is 2. The van der Waals surface area contributed by atoms with Gasteiger partial charge in [0, 0.05) is 18.2 Å². The summed E-state index contributed by atoms with van der Waals surface area (Å²) in [7, 11) is 0. The molecule has 5 heteroatoms. The molecule has 1 aliphatic rings. The summed E-state index contributed by atoms with van der Waals surface area (Å²) >= 11 is 0. The highest BCUT2D eigenvalue weighted by Gasteiger charge is 2.42. The van der Waals surface area contributed by atoms with Crippen molar-refractivity contribution in [3.8, 4) is 0 Å². The molecule has 2 rings (SSSR count). The van der Waals surface area contributed by atoms with E-state index in [0.29, 0.717) is 18.0 Å². The lowest BCUT2D eigenvalue weighted by Gasteiger charge is -2.28.